The van der Waals surface area contributed by atoms with Crippen LogP contribution in [0.3, 0.4) is 0 Å². The lowest BCUT2D eigenvalue weighted by Gasteiger charge is -2.13. The summed E-state index contributed by atoms with van der Waals surface area (Å²) in [6, 6.07) is 44.2. The third-order valence-corrected chi connectivity index (χ3v) is 13.8. The predicted octanol–water partition coefficient (Wildman–Crippen LogP) is 14.8. The minimum atomic E-state index is 0.0464. The lowest BCUT2D eigenvalue weighted by atomic mass is 9.94. The maximum atomic E-state index is 10.0. The smallest absolute Gasteiger partial charge is 0.1000 e. The summed E-state index contributed by atoms with van der Waals surface area (Å²) < 4.78 is 3.91. The van der Waals surface area contributed by atoms with Crippen LogP contribution in [0.25, 0.3) is 101 Å². The molecule has 0 amide bonds. The number of hydrogen-bond acceptors (Lipinski definition) is 5. The second kappa shape index (κ2) is 18.3. The number of aryl methyl sites for hydroxylation is 2. The van der Waals surface area contributed by atoms with Crippen LogP contribution in [-0.4, -0.2) is 48.3 Å². The number of pyridine rings is 1. The van der Waals surface area contributed by atoms with E-state index >= 15 is 0 Å². The van der Waals surface area contributed by atoms with Crippen LogP contribution < -0.4 is 0 Å². The number of hydrogen-bond donors (Lipinski definition) is 4. The molecule has 7 nitrogen and oxygen atoms in total. The molecule has 0 aliphatic carbocycles. The topological polar surface area (TPSA) is 111 Å². The zero-order chi connectivity index (χ0) is 43.9. The second-order valence-electron chi connectivity index (χ2n) is 15.8. The Hall–Kier alpha value is -5.27. The molecule has 4 N–H and O–H groups in total. The number of fused-ring (bicyclic) bond motifs is 11. The molecule has 0 radical (unpaired) electrons. The summed E-state index contributed by atoms with van der Waals surface area (Å²) in [6.45, 7) is 0.105. The van der Waals surface area contributed by atoms with Crippen molar-refractivity contribution in [3.63, 3.8) is 0 Å². The highest BCUT2D eigenvalue weighted by molar-refractivity contribution is 9.11. The highest BCUT2D eigenvalue weighted by Gasteiger charge is 2.28. The SMILES string of the molecule is OCCCc1cc2c(nc1CCCO)-c1nc-2c(-c2ccc(Br)cc2)c2ccc([nH]2)c(-c2ccc(Br)cc2)c2nc(c(-c3ccc(Br)cc3)c3ccc([nH]3)c1-c1ccc(Br)cc1)C=C2. The summed E-state index contributed by atoms with van der Waals surface area (Å²) in [5, 5.41) is 20.1. The Kier molecular flexibility index (Phi) is 12.2. The van der Waals surface area contributed by atoms with Crippen molar-refractivity contribution in [1.29, 1.82) is 0 Å². The molecule has 8 bridgehead atoms. The fraction of sp³-hybridized carbons (Fsp3) is 0.113. The molecule has 0 spiro atoms. The van der Waals surface area contributed by atoms with Crippen LogP contribution in [-0.2, 0) is 12.8 Å². The van der Waals surface area contributed by atoms with Gasteiger partial charge in [-0.3, -0.25) is 4.98 Å². The molecule has 4 aromatic carbocycles. The third kappa shape index (κ3) is 8.30. The van der Waals surface area contributed by atoms with E-state index in [-0.39, 0.29) is 13.2 Å². The molecular weight excluding hydrogens is 1060 g/mol. The van der Waals surface area contributed by atoms with E-state index in [0.29, 0.717) is 25.7 Å². The number of aliphatic hydroxyl groups excluding tert-OH is 2. The van der Waals surface area contributed by atoms with Gasteiger partial charge in [-0.25, -0.2) is 9.97 Å². The number of aliphatic hydroxyl groups is 2. The Bertz CT molecular complexity index is 3050. The first-order valence-corrected chi connectivity index (χ1v) is 24.2. The van der Waals surface area contributed by atoms with Gasteiger partial charge in [-0.2, -0.15) is 0 Å². The van der Waals surface area contributed by atoms with E-state index in [0.717, 1.165) is 130 Å². The molecule has 8 aromatic rings. The predicted molar refractivity (Wildman–Crippen MR) is 276 cm³/mol. The van der Waals surface area contributed by atoms with Crippen LogP contribution in [0.2, 0.25) is 0 Å². The van der Waals surface area contributed by atoms with Gasteiger partial charge in [0.05, 0.1) is 28.5 Å². The van der Waals surface area contributed by atoms with Crippen molar-refractivity contribution < 1.29 is 10.2 Å². The summed E-state index contributed by atoms with van der Waals surface area (Å²) in [5.41, 5.74) is 18.0. The lowest BCUT2D eigenvalue weighted by Crippen LogP contribution is -2.03. The third-order valence-electron chi connectivity index (χ3n) is 11.7. The van der Waals surface area contributed by atoms with Gasteiger partial charge >= 0.3 is 0 Å². The molecule has 6 heterocycles. The van der Waals surface area contributed by atoms with Crippen molar-refractivity contribution in [2.75, 3.05) is 13.2 Å². The molecule has 2 aliphatic heterocycles. The van der Waals surface area contributed by atoms with Gasteiger partial charge < -0.3 is 20.2 Å². The van der Waals surface area contributed by atoms with Gasteiger partial charge in [-0.05, 0) is 145 Å². The molecular formula is C53H39Br4N5O2. The monoisotopic (exact) mass is 1090 g/mol. The molecule has 316 valence electrons. The quantitative estimate of drug-likeness (QED) is 0.109. The first-order valence-electron chi connectivity index (χ1n) is 21.0. The first kappa shape index (κ1) is 42.7. The number of aromatic amines is 2. The Balaban J connectivity index is 1.43. The largest absolute Gasteiger partial charge is 0.396 e. The van der Waals surface area contributed by atoms with Gasteiger partial charge in [0.15, 0.2) is 0 Å². The molecule has 0 unspecified atom stereocenters. The molecule has 64 heavy (non-hydrogen) atoms. The summed E-state index contributed by atoms with van der Waals surface area (Å²) in [4.78, 5) is 24.5. The van der Waals surface area contributed by atoms with E-state index in [1.165, 1.54) is 0 Å². The number of nitrogens with one attached hydrogen (secondary N) is 2. The van der Waals surface area contributed by atoms with Gasteiger partial charge in [0, 0.05) is 86.7 Å². The highest BCUT2D eigenvalue weighted by atomic mass is 79.9. The molecule has 0 saturated carbocycles. The molecule has 0 saturated heterocycles. The molecule has 0 fully saturated rings. The molecule has 2 aliphatic rings. The van der Waals surface area contributed by atoms with Crippen LogP contribution in [0.15, 0.2) is 145 Å². The maximum Gasteiger partial charge on any atom is 0.1000 e. The van der Waals surface area contributed by atoms with Crippen molar-refractivity contribution in [1.82, 2.24) is 24.9 Å². The number of halogens is 4. The van der Waals surface area contributed by atoms with E-state index in [1.807, 2.05) is 0 Å². The minimum absolute atomic E-state index is 0.0464. The van der Waals surface area contributed by atoms with E-state index in [9.17, 15) is 10.2 Å². The Morgan fingerprint density at radius 3 is 1.23 bits per heavy atom. The van der Waals surface area contributed by atoms with E-state index in [1.54, 1.807) is 0 Å². The van der Waals surface area contributed by atoms with E-state index in [4.69, 9.17) is 15.0 Å². The fourth-order valence-corrected chi connectivity index (χ4v) is 9.75. The standard InChI is InChI=1S/C53H39Br4N5O2/c54-35-13-5-30(6-14-35)47-41-21-22-42(58-41)48(31-7-15-36(55)16-8-31)44-24-26-46(60-44)50(33-11-19-38(57)20-12-33)53-52-39(29-34(3-1-27-63)40(61-52)4-2-28-64)51(62-53)49(45-25-23-43(47)59-45)32-9-17-37(56)18-10-32/h5-26,29,59-60,63-64H,1-4,27-28H2. The van der Waals surface area contributed by atoms with Gasteiger partial charge in [-0.1, -0.05) is 112 Å². The van der Waals surface area contributed by atoms with E-state index < -0.39 is 0 Å². The van der Waals surface area contributed by atoms with Crippen molar-refractivity contribution in [2.45, 2.75) is 25.7 Å². The summed E-state index contributed by atoms with van der Waals surface area (Å²) >= 11 is 14.7. The maximum absolute atomic E-state index is 10.0. The zero-order valence-electron chi connectivity index (χ0n) is 34.3. The van der Waals surface area contributed by atoms with Crippen LogP contribution in [0.1, 0.15) is 35.5 Å². The van der Waals surface area contributed by atoms with Crippen molar-refractivity contribution in [3.05, 3.63) is 168 Å². The average Bonchev–Trinajstić information content (AvgIpc) is 4.14. The van der Waals surface area contributed by atoms with Gasteiger partial charge in [-0.15, -0.1) is 0 Å². The Morgan fingerprint density at radius 1 is 0.406 bits per heavy atom. The highest BCUT2D eigenvalue weighted by Crippen LogP contribution is 2.47. The number of aromatic nitrogens is 5. The number of H-pyrrole nitrogens is 2. The molecule has 10 rings (SSSR count). The zero-order valence-corrected chi connectivity index (χ0v) is 40.6. The first-order chi connectivity index (χ1) is 31.3. The fourth-order valence-electron chi connectivity index (χ4n) is 8.70. The van der Waals surface area contributed by atoms with Crippen LogP contribution in [0.4, 0.5) is 0 Å². The van der Waals surface area contributed by atoms with Gasteiger partial charge in [0.25, 0.3) is 0 Å². The summed E-state index contributed by atoms with van der Waals surface area (Å²) in [7, 11) is 0. The number of benzene rings is 4. The van der Waals surface area contributed by atoms with Gasteiger partial charge in [0.2, 0.25) is 0 Å². The van der Waals surface area contributed by atoms with Crippen molar-refractivity contribution >= 4 is 97.9 Å². The lowest BCUT2D eigenvalue weighted by molar-refractivity contribution is 0.285. The normalized spacial score (nSPS) is 11.9. The summed E-state index contributed by atoms with van der Waals surface area (Å²) in [5.74, 6) is 0. The second-order valence-corrected chi connectivity index (χ2v) is 19.4. The molecule has 4 aromatic heterocycles. The van der Waals surface area contributed by atoms with Crippen LogP contribution in [0, 0.1) is 0 Å². The summed E-state index contributed by atoms with van der Waals surface area (Å²) in [6.07, 6.45) is 6.60. The molecule has 11 heteroatoms. The van der Waals surface area contributed by atoms with Crippen molar-refractivity contribution in [3.8, 4) is 67.2 Å². The van der Waals surface area contributed by atoms with Crippen LogP contribution in [0.5, 0.6) is 0 Å². The Morgan fingerprint density at radius 2 is 0.797 bits per heavy atom. The van der Waals surface area contributed by atoms with E-state index in [2.05, 4.69) is 213 Å². The Labute approximate surface area is 404 Å². The van der Waals surface area contributed by atoms with Gasteiger partial charge in [0.1, 0.15) is 0 Å². The minimum Gasteiger partial charge on any atom is -0.396 e. The number of rotatable bonds is 10. The molecule has 0 atom stereocenters. The van der Waals surface area contributed by atoms with Crippen LogP contribution >= 0.6 is 63.7 Å². The number of nitrogens with zero attached hydrogens (tertiary/aromatic N) is 3. The van der Waals surface area contributed by atoms with Crippen molar-refractivity contribution in [2.24, 2.45) is 0 Å². The average molecular weight is 1100 g/mol.